The Balaban J connectivity index is 1.22. The summed E-state index contributed by atoms with van der Waals surface area (Å²) < 4.78 is 40.9. The summed E-state index contributed by atoms with van der Waals surface area (Å²) in [6.45, 7) is 0.584. The van der Waals surface area contributed by atoms with Crippen LogP contribution in [0.3, 0.4) is 0 Å². The lowest BCUT2D eigenvalue weighted by atomic mass is 10.2. The molecule has 0 saturated heterocycles. The van der Waals surface area contributed by atoms with Gasteiger partial charge >= 0.3 is 6.18 Å². The number of carbonyl (C=O) groups is 1. The third kappa shape index (κ3) is 6.47. The van der Waals surface area contributed by atoms with Crippen LogP contribution in [0.15, 0.2) is 89.5 Å². The van der Waals surface area contributed by atoms with Crippen LogP contribution in [-0.2, 0) is 23.9 Å². The van der Waals surface area contributed by atoms with E-state index in [1.165, 1.54) is 23.5 Å². The van der Waals surface area contributed by atoms with Crippen molar-refractivity contribution in [3.8, 4) is 0 Å². The molecular formula is C28H21ClF3N5OS. The fraction of sp³-hybridized carbons (Fsp3) is 0.107. The number of para-hydroxylation sites is 1. The molecule has 2 aromatic heterocycles. The van der Waals surface area contributed by atoms with Gasteiger partial charge in [0.2, 0.25) is 5.91 Å². The summed E-state index contributed by atoms with van der Waals surface area (Å²) in [7, 11) is 0. The van der Waals surface area contributed by atoms with Crippen LogP contribution in [0.25, 0.3) is 10.9 Å². The lowest BCUT2D eigenvalue weighted by Crippen LogP contribution is -2.19. The summed E-state index contributed by atoms with van der Waals surface area (Å²) in [6, 6.07) is 20.4. The minimum atomic E-state index is -4.44. The number of carbonyl (C=O) groups excluding carboxylic acids is 1. The maximum Gasteiger partial charge on any atom is 0.416 e. The molecule has 0 aliphatic carbocycles. The molecule has 0 aliphatic rings. The van der Waals surface area contributed by atoms with Gasteiger partial charge in [0, 0.05) is 45.3 Å². The van der Waals surface area contributed by atoms with Crippen LogP contribution in [0, 0.1) is 0 Å². The molecule has 0 radical (unpaired) electrons. The average Bonchev–Trinajstić information content (AvgIpc) is 3.49. The number of anilines is 2. The molecule has 198 valence electrons. The van der Waals surface area contributed by atoms with E-state index in [2.05, 4.69) is 25.4 Å². The van der Waals surface area contributed by atoms with E-state index in [4.69, 9.17) is 11.6 Å². The summed E-state index contributed by atoms with van der Waals surface area (Å²) in [6.07, 6.45) is -0.929. The highest BCUT2D eigenvalue weighted by Gasteiger charge is 2.30. The Kier molecular flexibility index (Phi) is 7.67. The van der Waals surface area contributed by atoms with Gasteiger partial charge in [0.05, 0.1) is 23.9 Å². The van der Waals surface area contributed by atoms with E-state index < -0.39 is 11.7 Å². The topological polar surface area (TPSA) is 71.3 Å². The first kappa shape index (κ1) is 26.5. The fourth-order valence-corrected chi connectivity index (χ4v) is 4.97. The molecular weight excluding hydrogens is 547 g/mol. The van der Waals surface area contributed by atoms with E-state index in [9.17, 15) is 18.0 Å². The van der Waals surface area contributed by atoms with E-state index in [1.54, 1.807) is 11.6 Å². The van der Waals surface area contributed by atoms with E-state index in [0.29, 0.717) is 22.4 Å². The van der Waals surface area contributed by atoms with Gasteiger partial charge in [0.15, 0.2) is 5.13 Å². The number of aromatic nitrogens is 2. The fourth-order valence-electron chi connectivity index (χ4n) is 4.04. The number of alkyl halides is 3. The molecule has 0 saturated carbocycles. The van der Waals surface area contributed by atoms with Crippen molar-refractivity contribution in [2.24, 2.45) is 5.10 Å². The molecule has 11 heteroatoms. The van der Waals surface area contributed by atoms with Crippen LogP contribution < -0.4 is 10.7 Å². The van der Waals surface area contributed by atoms with Crippen LogP contribution in [0.4, 0.5) is 24.0 Å². The van der Waals surface area contributed by atoms with Crippen molar-refractivity contribution >= 4 is 56.8 Å². The van der Waals surface area contributed by atoms with Gasteiger partial charge in [-0.2, -0.15) is 18.3 Å². The SMILES string of the molecule is O=C(Cc1csc(Nc2cccc(C(F)(F)F)c2)n1)N/N=C\c1cn(Cc2ccccc2Cl)c2ccccc12. The maximum absolute atomic E-state index is 12.9. The number of fused-ring (bicyclic) bond motifs is 1. The van der Waals surface area contributed by atoms with Crippen LogP contribution in [-0.4, -0.2) is 21.7 Å². The normalized spacial score (nSPS) is 11.8. The number of halogens is 4. The summed E-state index contributed by atoms with van der Waals surface area (Å²) >= 11 is 7.54. The molecule has 5 rings (SSSR count). The number of thiazole rings is 1. The summed E-state index contributed by atoms with van der Waals surface area (Å²) in [4.78, 5) is 16.7. The summed E-state index contributed by atoms with van der Waals surface area (Å²) in [5.41, 5.74) is 5.32. The molecule has 0 fully saturated rings. The Morgan fingerprint density at radius 1 is 1.08 bits per heavy atom. The quantitative estimate of drug-likeness (QED) is 0.153. The van der Waals surface area contributed by atoms with Crippen molar-refractivity contribution in [3.05, 3.63) is 112 Å². The lowest BCUT2D eigenvalue weighted by molar-refractivity contribution is -0.137. The molecule has 0 unspecified atom stereocenters. The van der Waals surface area contributed by atoms with Crippen molar-refractivity contribution < 1.29 is 18.0 Å². The number of hydrogen-bond donors (Lipinski definition) is 2. The number of nitrogens with one attached hydrogen (secondary N) is 2. The minimum absolute atomic E-state index is 0.0353. The van der Waals surface area contributed by atoms with Crippen LogP contribution in [0.5, 0.6) is 0 Å². The maximum atomic E-state index is 12.9. The van der Waals surface area contributed by atoms with Crippen LogP contribution in [0.2, 0.25) is 5.02 Å². The average molecular weight is 568 g/mol. The minimum Gasteiger partial charge on any atom is -0.342 e. The Morgan fingerprint density at radius 3 is 2.69 bits per heavy atom. The number of rotatable bonds is 8. The molecule has 2 heterocycles. The van der Waals surface area contributed by atoms with Gasteiger partial charge in [-0.05, 0) is 35.9 Å². The van der Waals surface area contributed by atoms with Crippen molar-refractivity contribution in [3.63, 3.8) is 0 Å². The van der Waals surface area contributed by atoms with Crippen LogP contribution in [0.1, 0.15) is 22.4 Å². The Hall–Kier alpha value is -4.15. The van der Waals surface area contributed by atoms with Gasteiger partial charge in [0.25, 0.3) is 0 Å². The number of hydrogen-bond acceptors (Lipinski definition) is 5. The van der Waals surface area contributed by atoms with Crippen molar-refractivity contribution in [2.45, 2.75) is 19.1 Å². The number of benzene rings is 3. The van der Waals surface area contributed by atoms with E-state index >= 15 is 0 Å². The second-order valence-electron chi connectivity index (χ2n) is 8.64. The second-order valence-corrected chi connectivity index (χ2v) is 9.90. The van der Waals surface area contributed by atoms with Gasteiger partial charge in [-0.15, -0.1) is 11.3 Å². The van der Waals surface area contributed by atoms with Crippen molar-refractivity contribution in [1.29, 1.82) is 0 Å². The summed E-state index contributed by atoms with van der Waals surface area (Å²) in [5, 5.41) is 10.7. The van der Waals surface area contributed by atoms with E-state index in [1.807, 2.05) is 54.7 Å². The predicted octanol–water partition coefficient (Wildman–Crippen LogP) is 7.25. The number of amides is 1. The zero-order valence-corrected chi connectivity index (χ0v) is 21.8. The van der Waals surface area contributed by atoms with E-state index in [-0.39, 0.29) is 18.0 Å². The molecule has 0 bridgehead atoms. The Labute approximate surface area is 230 Å². The van der Waals surface area contributed by atoms with Gasteiger partial charge in [-0.1, -0.05) is 54.1 Å². The highest BCUT2D eigenvalue weighted by Crippen LogP contribution is 2.32. The first-order chi connectivity index (χ1) is 18.8. The lowest BCUT2D eigenvalue weighted by Gasteiger charge is -2.08. The van der Waals surface area contributed by atoms with Crippen molar-refractivity contribution in [1.82, 2.24) is 15.0 Å². The highest BCUT2D eigenvalue weighted by molar-refractivity contribution is 7.13. The molecule has 1 amide bonds. The Morgan fingerprint density at radius 2 is 1.87 bits per heavy atom. The molecule has 39 heavy (non-hydrogen) atoms. The standard InChI is InChI=1S/C28H21ClF3N5OS/c29-24-10-3-1-6-18(24)15-37-16-19(23-9-2-4-11-25(23)37)14-33-36-26(38)13-22-17-39-27(35-22)34-21-8-5-7-20(12-21)28(30,31)32/h1-12,14,16-17H,13,15H2,(H,34,35)(H,36,38)/b33-14-. The first-order valence-electron chi connectivity index (χ1n) is 11.8. The molecule has 0 spiro atoms. The molecule has 0 aliphatic heterocycles. The van der Waals surface area contributed by atoms with E-state index in [0.717, 1.165) is 34.2 Å². The van der Waals surface area contributed by atoms with Gasteiger partial charge in [-0.3, -0.25) is 4.79 Å². The zero-order chi connectivity index (χ0) is 27.4. The monoisotopic (exact) mass is 567 g/mol. The molecule has 0 atom stereocenters. The molecule has 6 nitrogen and oxygen atoms in total. The smallest absolute Gasteiger partial charge is 0.342 e. The van der Waals surface area contributed by atoms with Gasteiger partial charge < -0.3 is 9.88 Å². The molecule has 3 aromatic carbocycles. The predicted molar refractivity (Wildman–Crippen MR) is 149 cm³/mol. The Bertz CT molecular complexity index is 1660. The number of nitrogens with zero attached hydrogens (tertiary/aromatic N) is 3. The largest absolute Gasteiger partial charge is 0.416 e. The number of hydrazone groups is 1. The molecule has 5 aromatic rings. The second kappa shape index (κ2) is 11.3. The third-order valence-electron chi connectivity index (χ3n) is 5.85. The first-order valence-corrected chi connectivity index (χ1v) is 13.0. The highest BCUT2D eigenvalue weighted by atomic mass is 35.5. The van der Waals surface area contributed by atoms with Crippen molar-refractivity contribution in [2.75, 3.05) is 5.32 Å². The third-order valence-corrected chi connectivity index (χ3v) is 7.02. The van der Waals surface area contributed by atoms with Gasteiger partial charge in [-0.25, -0.2) is 10.4 Å². The zero-order valence-electron chi connectivity index (χ0n) is 20.2. The molecule has 2 N–H and O–H groups in total. The van der Waals surface area contributed by atoms with Crippen LogP contribution >= 0.6 is 22.9 Å². The summed E-state index contributed by atoms with van der Waals surface area (Å²) in [5.74, 6) is -0.373. The van der Waals surface area contributed by atoms with Gasteiger partial charge in [0.1, 0.15) is 0 Å².